The summed E-state index contributed by atoms with van der Waals surface area (Å²) in [5.41, 5.74) is 0. The highest BCUT2D eigenvalue weighted by Gasteiger charge is 2.15. The highest BCUT2D eigenvalue weighted by atomic mass is 32.2. The lowest BCUT2D eigenvalue weighted by Crippen LogP contribution is -2.33. The van der Waals surface area contributed by atoms with Crippen molar-refractivity contribution in [1.29, 1.82) is 0 Å². The minimum atomic E-state index is -3.73. The monoisotopic (exact) mass is 311 g/mol. The Balaban J connectivity index is 1.92. The number of amides is 1. The van der Waals surface area contributed by atoms with Gasteiger partial charge in [0, 0.05) is 0 Å². The Labute approximate surface area is 120 Å². The molecule has 0 bridgehead atoms. The number of hydrogen-bond acceptors (Lipinski definition) is 6. The molecule has 21 heavy (non-hydrogen) atoms. The van der Waals surface area contributed by atoms with Crippen LogP contribution in [-0.4, -0.2) is 43.2 Å². The van der Waals surface area contributed by atoms with Crippen molar-refractivity contribution in [3.05, 3.63) is 30.3 Å². The lowest BCUT2D eigenvalue weighted by atomic mass is 10.4. The molecule has 0 unspecified atom stereocenters. The second-order valence-electron chi connectivity index (χ2n) is 3.86. The first kappa shape index (κ1) is 14.9. The summed E-state index contributed by atoms with van der Waals surface area (Å²) in [5.74, 6) is -0.524. The predicted molar refractivity (Wildman–Crippen MR) is 73.2 cm³/mol. The van der Waals surface area contributed by atoms with Crippen LogP contribution in [0.2, 0.25) is 0 Å². The van der Waals surface area contributed by atoms with E-state index < -0.39 is 22.5 Å². The summed E-state index contributed by atoms with van der Waals surface area (Å²) in [7, 11) is -2.35. The second-order valence-corrected chi connectivity index (χ2v) is 5.62. The molecule has 2 aromatic rings. The Morgan fingerprint density at radius 2 is 2.05 bits per heavy atom. The first-order chi connectivity index (χ1) is 10.0. The average molecular weight is 311 g/mol. The van der Waals surface area contributed by atoms with Gasteiger partial charge in [-0.15, -0.1) is 5.10 Å². The normalized spacial score (nSPS) is 11.1. The Morgan fingerprint density at radius 1 is 1.33 bits per heavy atom. The fourth-order valence-electron chi connectivity index (χ4n) is 1.41. The van der Waals surface area contributed by atoms with Crippen molar-refractivity contribution in [3.63, 3.8) is 0 Å². The van der Waals surface area contributed by atoms with E-state index in [0.29, 0.717) is 0 Å². The van der Waals surface area contributed by atoms with Gasteiger partial charge >= 0.3 is 6.01 Å². The number of H-pyrrole nitrogens is 1. The third-order valence-electron chi connectivity index (χ3n) is 2.38. The van der Waals surface area contributed by atoms with Gasteiger partial charge in [-0.25, -0.2) is 18.2 Å². The Morgan fingerprint density at radius 3 is 2.67 bits per heavy atom. The molecule has 1 aromatic carbocycles. The molecule has 2 rings (SSSR count). The molecule has 0 radical (unpaired) electrons. The van der Waals surface area contributed by atoms with Crippen molar-refractivity contribution < 1.29 is 17.9 Å². The maximum absolute atomic E-state index is 11.9. The Bertz CT molecular complexity index is 713. The van der Waals surface area contributed by atoms with Gasteiger partial charge in [-0.3, -0.25) is 10.1 Å². The van der Waals surface area contributed by atoms with Crippen LogP contribution < -0.4 is 14.8 Å². The molecule has 0 fully saturated rings. The van der Waals surface area contributed by atoms with Gasteiger partial charge in [-0.1, -0.05) is 18.2 Å². The van der Waals surface area contributed by atoms with E-state index in [1.807, 2.05) is 0 Å². The maximum Gasteiger partial charge on any atom is 0.336 e. The molecule has 0 aliphatic heterocycles. The van der Waals surface area contributed by atoms with Gasteiger partial charge in [-0.2, -0.15) is 4.98 Å². The van der Waals surface area contributed by atoms with Gasteiger partial charge in [-0.05, 0) is 12.1 Å². The molecule has 0 saturated heterocycles. The van der Waals surface area contributed by atoms with Gasteiger partial charge in [0.15, 0.2) is 0 Å². The fraction of sp³-hybridized carbons (Fsp3) is 0.182. The zero-order valence-corrected chi connectivity index (χ0v) is 11.8. The van der Waals surface area contributed by atoms with Crippen molar-refractivity contribution in [3.8, 4) is 6.01 Å². The topological polar surface area (TPSA) is 126 Å². The van der Waals surface area contributed by atoms with E-state index in [1.165, 1.54) is 19.2 Å². The highest BCUT2D eigenvalue weighted by Crippen LogP contribution is 2.07. The van der Waals surface area contributed by atoms with Crippen molar-refractivity contribution in [2.24, 2.45) is 0 Å². The van der Waals surface area contributed by atoms with E-state index in [-0.39, 0.29) is 16.9 Å². The van der Waals surface area contributed by atoms with E-state index in [9.17, 15) is 13.2 Å². The molecular weight excluding hydrogens is 298 g/mol. The molecule has 1 heterocycles. The number of hydrogen-bond donors (Lipinski definition) is 3. The van der Waals surface area contributed by atoms with E-state index >= 15 is 0 Å². The molecule has 0 atom stereocenters. The quantitative estimate of drug-likeness (QED) is 0.674. The number of benzene rings is 1. The lowest BCUT2D eigenvalue weighted by Gasteiger charge is -2.06. The maximum atomic E-state index is 11.9. The molecule has 10 heteroatoms. The van der Waals surface area contributed by atoms with Crippen LogP contribution in [0.3, 0.4) is 0 Å². The van der Waals surface area contributed by atoms with E-state index in [4.69, 9.17) is 4.74 Å². The summed E-state index contributed by atoms with van der Waals surface area (Å²) < 4.78 is 30.7. The number of anilines is 1. The molecule has 0 saturated carbocycles. The standard InChI is InChI=1S/C11H13N5O4S/c1-20-11-14-10(15-16-11)13-9(17)7-12-21(18,19)8-5-3-2-4-6-8/h2-6,12H,7H2,1H3,(H2,13,14,15,16,17). The summed E-state index contributed by atoms with van der Waals surface area (Å²) in [6, 6.07) is 7.81. The number of aromatic amines is 1. The second kappa shape index (κ2) is 6.33. The third kappa shape index (κ3) is 4.00. The van der Waals surface area contributed by atoms with Crippen LogP contribution in [-0.2, 0) is 14.8 Å². The van der Waals surface area contributed by atoms with Crippen LogP contribution in [0, 0.1) is 0 Å². The highest BCUT2D eigenvalue weighted by molar-refractivity contribution is 7.89. The van der Waals surface area contributed by atoms with Crippen molar-refractivity contribution in [2.75, 3.05) is 19.0 Å². The summed E-state index contributed by atoms with van der Waals surface area (Å²) in [5, 5.41) is 8.40. The number of nitrogens with one attached hydrogen (secondary N) is 3. The third-order valence-corrected chi connectivity index (χ3v) is 3.80. The van der Waals surface area contributed by atoms with Crippen molar-refractivity contribution >= 4 is 21.9 Å². The van der Waals surface area contributed by atoms with Crippen LogP contribution in [0.15, 0.2) is 35.2 Å². The Hall–Kier alpha value is -2.46. The first-order valence-electron chi connectivity index (χ1n) is 5.82. The van der Waals surface area contributed by atoms with Crippen LogP contribution in [0.25, 0.3) is 0 Å². The van der Waals surface area contributed by atoms with Crippen LogP contribution in [0.4, 0.5) is 5.95 Å². The minimum Gasteiger partial charge on any atom is -0.466 e. The van der Waals surface area contributed by atoms with E-state index in [0.717, 1.165) is 0 Å². The molecule has 9 nitrogen and oxygen atoms in total. The van der Waals surface area contributed by atoms with Crippen molar-refractivity contribution in [2.45, 2.75) is 4.90 Å². The van der Waals surface area contributed by atoms with Gasteiger partial charge in [0.1, 0.15) is 0 Å². The number of carbonyl (C=O) groups excluding carboxylic acids is 1. The fourth-order valence-corrected chi connectivity index (χ4v) is 2.42. The number of sulfonamides is 1. The molecule has 0 aliphatic rings. The number of methoxy groups -OCH3 is 1. The van der Waals surface area contributed by atoms with Crippen LogP contribution in [0.1, 0.15) is 0 Å². The zero-order chi connectivity index (χ0) is 15.3. The number of aromatic nitrogens is 3. The molecule has 0 spiro atoms. The smallest absolute Gasteiger partial charge is 0.336 e. The molecule has 3 N–H and O–H groups in total. The van der Waals surface area contributed by atoms with Crippen molar-refractivity contribution in [1.82, 2.24) is 19.9 Å². The number of carbonyl (C=O) groups is 1. The molecular formula is C11H13N5O4S. The van der Waals surface area contributed by atoms with E-state index in [1.54, 1.807) is 18.2 Å². The van der Waals surface area contributed by atoms with Crippen LogP contribution in [0.5, 0.6) is 6.01 Å². The number of ether oxygens (including phenoxy) is 1. The summed E-state index contributed by atoms with van der Waals surface area (Å²) >= 11 is 0. The van der Waals surface area contributed by atoms with Gasteiger partial charge < -0.3 is 4.74 Å². The largest absolute Gasteiger partial charge is 0.466 e. The molecule has 1 amide bonds. The average Bonchev–Trinajstić information content (AvgIpc) is 2.94. The summed E-state index contributed by atoms with van der Waals surface area (Å²) in [4.78, 5) is 15.5. The lowest BCUT2D eigenvalue weighted by molar-refractivity contribution is -0.115. The first-order valence-corrected chi connectivity index (χ1v) is 7.30. The predicted octanol–water partition coefficient (Wildman–Crippen LogP) is -0.270. The van der Waals surface area contributed by atoms with Gasteiger partial charge in [0.2, 0.25) is 21.9 Å². The molecule has 0 aliphatic carbocycles. The zero-order valence-electron chi connectivity index (χ0n) is 11.0. The summed E-state index contributed by atoms with van der Waals surface area (Å²) in [6.45, 7) is -0.430. The van der Waals surface area contributed by atoms with Gasteiger partial charge in [0.25, 0.3) is 0 Å². The van der Waals surface area contributed by atoms with Crippen LogP contribution >= 0.6 is 0 Å². The number of nitrogens with zero attached hydrogens (tertiary/aromatic N) is 2. The molecule has 1 aromatic heterocycles. The number of rotatable bonds is 6. The minimum absolute atomic E-state index is 0.0650. The van der Waals surface area contributed by atoms with Gasteiger partial charge in [0.05, 0.1) is 18.6 Å². The SMILES string of the molecule is COc1n[nH]c(NC(=O)CNS(=O)(=O)c2ccccc2)n1. The van der Waals surface area contributed by atoms with E-state index in [2.05, 4.69) is 25.2 Å². The summed E-state index contributed by atoms with van der Waals surface area (Å²) in [6.07, 6.45) is 0. The Kier molecular flexibility index (Phi) is 4.50. The molecule has 112 valence electrons.